The smallest absolute Gasteiger partial charge is 0.341 e. The normalized spacial score (nSPS) is 15.4. The fourth-order valence-corrected chi connectivity index (χ4v) is 2.31. The molecule has 1 unspecified atom stereocenters. The van der Waals surface area contributed by atoms with E-state index in [0.717, 1.165) is 0 Å². The molecular weight excluding hydrogens is 286 g/mol. The van der Waals surface area contributed by atoms with Crippen LogP contribution in [0.15, 0.2) is 29.2 Å². The van der Waals surface area contributed by atoms with E-state index in [1.165, 1.54) is 24.3 Å². The maximum atomic E-state index is 12.4. The van der Waals surface area contributed by atoms with Crippen LogP contribution in [-0.2, 0) is 9.84 Å². The van der Waals surface area contributed by atoms with Crippen molar-refractivity contribution in [3.05, 3.63) is 24.3 Å². The van der Waals surface area contributed by atoms with Gasteiger partial charge in [0.2, 0.25) is 9.84 Å². The number of halogens is 2. The molecule has 0 aliphatic rings. The second-order valence-electron chi connectivity index (χ2n) is 5.23. The highest BCUT2D eigenvalue weighted by Gasteiger charge is 2.28. The summed E-state index contributed by atoms with van der Waals surface area (Å²) in [4.78, 5) is -0.392. The summed E-state index contributed by atoms with van der Waals surface area (Å²) in [5.74, 6) is -3.16. The van der Waals surface area contributed by atoms with E-state index in [0.29, 0.717) is 12.2 Å². The van der Waals surface area contributed by atoms with Gasteiger partial charge in [0.05, 0.1) is 4.90 Å². The Hall–Kier alpha value is -1.21. The first-order chi connectivity index (χ1) is 9.13. The van der Waals surface area contributed by atoms with E-state index in [9.17, 15) is 17.2 Å². The number of alkyl halides is 2. The predicted octanol–water partition coefficient (Wildman–Crippen LogP) is 2.47. The number of nitrogens with two attached hydrogens (primary N) is 1. The third kappa shape index (κ3) is 3.46. The molecule has 0 radical (unpaired) electrons. The second-order valence-corrected chi connectivity index (χ2v) is 7.15. The van der Waals surface area contributed by atoms with Crippen LogP contribution in [0.4, 0.5) is 14.5 Å². The van der Waals surface area contributed by atoms with E-state index in [4.69, 9.17) is 5.73 Å². The Morgan fingerprint density at radius 3 is 2.10 bits per heavy atom. The number of hydrogen-bond donors (Lipinski definition) is 2. The van der Waals surface area contributed by atoms with E-state index in [-0.39, 0.29) is 11.5 Å². The van der Waals surface area contributed by atoms with Crippen LogP contribution < -0.4 is 11.1 Å². The Labute approximate surface area is 118 Å². The molecule has 114 valence electrons. The van der Waals surface area contributed by atoms with Gasteiger partial charge in [0.15, 0.2) is 0 Å². The molecule has 0 heterocycles. The van der Waals surface area contributed by atoms with Crippen molar-refractivity contribution in [2.75, 3.05) is 11.9 Å². The van der Waals surface area contributed by atoms with Crippen LogP contribution in [-0.4, -0.2) is 26.3 Å². The van der Waals surface area contributed by atoms with Gasteiger partial charge in [-0.3, -0.25) is 0 Å². The molecule has 0 aromatic heterocycles. The lowest BCUT2D eigenvalue weighted by atomic mass is 9.88. The second kappa shape index (κ2) is 6.05. The minimum atomic E-state index is -4.55. The van der Waals surface area contributed by atoms with Gasteiger partial charge in [-0.05, 0) is 37.1 Å². The topological polar surface area (TPSA) is 72.2 Å². The number of nitrogens with one attached hydrogen (secondary N) is 1. The average molecular weight is 306 g/mol. The van der Waals surface area contributed by atoms with Crippen molar-refractivity contribution in [1.82, 2.24) is 0 Å². The Morgan fingerprint density at radius 2 is 1.75 bits per heavy atom. The summed E-state index contributed by atoms with van der Waals surface area (Å²) in [6, 6.07) is 5.26. The Balaban J connectivity index is 2.99. The fraction of sp³-hybridized carbons (Fsp3) is 0.538. The highest BCUT2D eigenvalue weighted by atomic mass is 32.2. The van der Waals surface area contributed by atoms with Gasteiger partial charge >= 0.3 is 5.76 Å². The predicted molar refractivity (Wildman–Crippen MR) is 75.6 cm³/mol. The van der Waals surface area contributed by atoms with Crippen molar-refractivity contribution in [2.45, 2.75) is 37.0 Å². The third-order valence-electron chi connectivity index (χ3n) is 3.55. The molecule has 0 spiro atoms. The van der Waals surface area contributed by atoms with Crippen LogP contribution in [0.5, 0.6) is 0 Å². The van der Waals surface area contributed by atoms with E-state index >= 15 is 0 Å². The largest absolute Gasteiger partial charge is 0.378 e. The monoisotopic (exact) mass is 306 g/mol. The van der Waals surface area contributed by atoms with Crippen LogP contribution >= 0.6 is 0 Å². The highest BCUT2D eigenvalue weighted by Crippen LogP contribution is 2.24. The van der Waals surface area contributed by atoms with E-state index in [2.05, 4.69) is 5.32 Å². The van der Waals surface area contributed by atoms with Crippen molar-refractivity contribution >= 4 is 15.5 Å². The van der Waals surface area contributed by atoms with E-state index < -0.39 is 20.5 Å². The van der Waals surface area contributed by atoms with Gasteiger partial charge in [0.1, 0.15) is 0 Å². The zero-order valence-corrected chi connectivity index (χ0v) is 12.5. The summed E-state index contributed by atoms with van der Waals surface area (Å²) in [5, 5.41) is 3.21. The molecular formula is C13H20F2N2O2S. The summed E-state index contributed by atoms with van der Waals surface area (Å²) in [5.41, 5.74) is 6.02. The lowest BCUT2D eigenvalue weighted by Gasteiger charge is -2.34. The number of rotatable bonds is 6. The number of benzene rings is 1. The maximum absolute atomic E-state index is 12.4. The molecule has 0 aliphatic carbocycles. The van der Waals surface area contributed by atoms with Crippen LogP contribution in [0, 0.1) is 5.92 Å². The number of anilines is 1. The molecule has 20 heavy (non-hydrogen) atoms. The van der Waals surface area contributed by atoms with Gasteiger partial charge in [-0.1, -0.05) is 13.8 Å². The highest BCUT2D eigenvalue weighted by molar-refractivity contribution is 7.91. The van der Waals surface area contributed by atoms with Crippen molar-refractivity contribution in [3.8, 4) is 0 Å². The summed E-state index contributed by atoms with van der Waals surface area (Å²) in [6.07, 6.45) is 0. The van der Waals surface area contributed by atoms with Crippen LogP contribution in [0.3, 0.4) is 0 Å². The molecule has 1 atom stereocenters. The van der Waals surface area contributed by atoms with Crippen molar-refractivity contribution in [1.29, 1.82) is 0 Å². The minimum absolute atomic E-state index is 0.247. The summed E-state index contributed by atoms with van der Waals surface area (Å²) in [7, 11) is -4.55. The van der Waals surface area contributed by atoms with Crippen LogP contribution in [0.2, 0.25) is 0 Å². The quantitative estimate of drug-likeness (QED) is 0.847. The molecule has 7 heteroatoms. The molecule has 0 fully saturated rings. The van der Waals surface area contributed by atoms with Gasteiger partial charge < -0.3 is 11.1 Å². The van der Waals surface area contributed by atoms with Crippen molar-refractivity contribution < 1.29 is 17.2 Å². The van der Waals surface area contributed by atoms with Gasteiger partial charge in [-0.15, -0.1) is 0 Å². The summed E-state index contributed by atoms with van der Waals surface area (Å²) >= 11 is 0. The van der Waals surface area contributed by atoms with Gasteiger partial charge in [0, 0.05) is 17.8 Å². The fourth-order valence-electron chi connectivity index (χ4n) is 1.59. The Bertz CT molecular complexity index is 544. The molecule has 1 aromatic rings. The molecule has 3 N–H and O–H groups in total. The first kappa shape index (κ1) is 16.8. The Morgan fingerprint density at radius 1 is 1.25 bits per heavy atom. The standard InChI is InChI=1S/C13H20F2N2O2S/c1-9(2)13(3,8-16)17-10-4-6-11(7-5-10)20(18,19)12(14)15/h4-7,9,12,17H,8,16H2,1-3H3. The maximum Gasteiger partial charge on any atom is 0.341 e. The van der Waals surface area contributed by atoms with Gasteiger partial charge in [-0.2, -0.15) is 8.78 Å². The molecule has 1 aromatic carbocycles. The van der Waals surface area contributed by atoms with Crippen molar-refractivity contribution in [2.24, 2.45) is 11.7 Å². The minimum Gasteiger partial charge on any atom is -0.378 e. The molecule has 0 amide bonds. The van der Waals surface area contributed by atoms with Crippen LogP contribution in [0.1, 0.15) is 20.8 Å². The number of sulfone groups is 1. The lowest BCUT2D eigenvalue weighted by Crippen LogP contribution is -2.47. The SMILES string of the molecule is CC(C)C(C)(CN)Nc1ccc(S(=O)(=O)C(F)F)cc1. The first-order valence-electron chi connectivity index (χ1n) is 6.24. The Kier molecular flexibility index (Phi) is 5.10. The number of hydrogen-bond acceptors (Lipinski definition) is 4. The zero-order valence-electron chi connectivity index (χ0n) is 11.7. The zero-order chi connectivity index (χ0) is 15.6. The van der Waals surface area contributed by atoms with Crippen molar-refractivity contribution in [3.63, 3.8) is 0 Å². The van der Waals surface area contributed by atoms with Gasteiger partial charge in [-0.25, -0.2) is 8.42 Å². The summed E-state index contributed by atoms with van der Waals surface area (Å²) in [6.45, 7) is 6.36. The van der Waals surface area contributed by atoms with E-state index in [1.54, 1.807) is 0 Å². The van der Waals surface area contributed by atoms with Gasteiger partial charge in [0.25, 0.3) is 0 Å². The molecule has 1 rings (SSSR count). The third-order valence-corrected chi connectivity index (χ3v) is 4.94. The average Bonchev–Trinajstić information content (AvgIpc) is 2.38. The molecule has 0 bridgehead atoms. The first-order valence-corrected chi connectivity index (χ1v) is 7.78. The van der Waals surface area contributed by atoms with Crippen LogP contribution in [0.25, 0.3) is 0 Å². The molecule has 0 saturated heterocycles. The molecule has 0 saturated carbocycles. The summed E-state index contributed by atoms with van der Waals surface area (Å²) < 4.78 is 47.4. The lowest BCUT2D eigenvalue weighted by molar-refractivity contribution is 0.234. The molecule has 0 aliphatic heterocycles. The van der Waals surface area contributed by atoms with E-state index in [1.807, 2.05) is 20.8 Å². The molecule has 4 nitrogen and oxygen atoms in total.